The highest BCUT2D eigenvalue weighted by Gasteiger charge is 1.95. The predicted octanol–water partition coefficient (Wildman–Crippen LogP) is 2.93. The first-order valence-corrected chi connectivity index (χ1v) is 9.38. The molecule has 2 N–H and O–H groups in total. The molecule has 0 aliphatic heterocycles. The zero-order valence-corrected chi connectivity index (χ0v) is 17.7. The summed E-state index contributed by atoms with van der Waals surface area (Å²) in [7, 11) is 9.66. The van der Waals surface area contributed by atoms with Crippen molar-refractivity contribution < 1.29 is 19.8 Å². The third-order valence-corrected chi connectivity index (χ3v) is 3.34. The SMILES string of the molecule is CN(C)CCCCCCCCCCN(C)C.N#C[B]C(=O)O.N#C[B]C(=O)O. The normalized spacial score (nSPS) is 9.14. The standard InChI is InChI=1S/C14H32N2.2C2HBNO2/c1-15(2)13-11-9-7-5-6-8-10-12-14-16(3)4;2*4-1-3-2(5)6/h5-14H2,1-4H3;2*(H,5,6). The summed E-state index contributed by atoms with van der Waals surface area (Å²) in [5, 5.41) is 30.4. The molecule has 0 unspecified atom stereocenters. The van der Waals surface area contributed by atoms with Gasteiger partial charge in [0.25, 0.3) is 11.7 Å². The van der Waals surface area contributed by atoms with Crippen molar-refractivity contribution in [2.24, 2.45) is 0 Å². The highest BCUT2D eigenvalue weighted by Crippen LogP contribution is 2.08. The molecule has 28 heavy (non-hydrogen) atoms. The highest BCUT2D eigenvalue weighted by molar-refractivity contribution is 6.77. The minimum Gasteiger partial charge on any atom is -0.489 e. The minimum absolute atomic E-state index is 0.514. The van der Waals surface area contributed by atoms with E-state index >= 15 is 0 Å². The van der Waals surface area contributed by atoms with Crippen molar-refractivity contribution in [3.8, 4) is 11.9 Å². The van der Waals surface area contributed by atoms with Crippen LogP contribution in [0, 0.1) is 22.5 Å². The average Bonchev–Trinajstić information content (AvgIpc) is 2.57. The van der Waals surface area contributed by atoms with Crippen LogP contribution in [0.4, 0.5) is 9.59 Å². The van der Waals surface area contributed by atoms with Crippen LogP contribution in [0.25, 0.3) is 0 Å². The monoisotopic (exact) mass is 392 g/mol. The smallest absolute Gasteiger partial charge is 0.397 e. The Bertz CT molecular complexity index is 421. The fourth-order valence-corrected chi connectivity index (χ4v) is 2.03. The molecule has 156 valence electrons. The summed E-state index contributed by atoms with van der Waals surface area (Å²) in [4.78, 5) is 23.2. The van der Waals surface area contributed by atoms with Crippen LogP contribution in [-0.2, 0) is 0 Å². The van der Waals surface area contributed by atoms with Crippen molar-refractivity contribution in [2.75, 3.05) is 41.3 Å². The largest absolute Gasteiger partial charge is 0.489 e. The van der Waals surface area contributed by atoms with Crippen LogP contribution in [0.3, 0.4) is 0 Å². The van der Waals surface area contributed by atoms with Crippen LogP contribution >= 0.6 is 0 Å². The van der Waals surface area contributed by atoms with Gasteiger partial charge >= 0.3 is 14.6 Å². The molecule has 10 heteroatoms. The fourth-order valence-electron chi connectivity index (χ4n) is 2.03. The molecular weight excluding hydrogens is 358 g/mol. The van der Waals surface area contributed by atoms with E-state index in [0.29, 0.717) is 14.6 Å². The number of hydrogen-bond donors (Lipinski definition) is 2. The molecule has 0 atom stereocenters. The van der Waals surface area contributed by atoms with Crippen LogP contribution < -0.4 is 0 Å². The molecule has 0 heterocycles. The quantitative estimate of drug-likeness (QED) is 0.362. The summed E-state index contributed by atoms with van der Waals surface area (Å²) in [5.74, 6) is 0.292. The van der Waals surface area contributed by atoms with E-state index in [2.05, 4.69) is 38.0 Å². The summed E-state index contributed by atoms with van der Waals surface area (Å²) in [6.45, 7) is 2.51. The Kier molecular flexibility index (Phi) is 27.4. The van der Waals surface area contributed by atoms with Gasteiger partial charge in [0.2, 0.25) is 0 Å². The van der Waals surface area contributed by atoms with Crippen molar-refractivity contribution in [3.05, 3.63) is 0 Å². The lowest BCUT2D eigenvalue weighted by atomic mass is 9.82. The number of nitrogens with zero attached hydrogens (tertiary/aromatic N) is 4. The van der Waals surface area contributed by atoms with Crippen molar-refractivity contribution in [1.29, 1.82) is 10.5 Å². The van der Waals surface area contributed by atoms with Crippen molar-refractivity contribution in [1.82, 2.24) is 9.80 Å². The third kappa shape index (κ3) is 43.9. The number of nitriles is 2. The molecule has 2 radical (unpaired) electrons. The number of rotatable bonds is 13. The minimum atomic E-state index is -1.20. The number of hydrogen-bond acceptors (Lipinski definition) is 6. The molecule has 8 nitrogen and oxygen atoms in total. The molecule has 0 saturated carbocycles. The summed E-state index contributed by atoms with van der Waals surface area (Å²) < 4.78 is 0. The Morgan fingerprint density at radius 3 is 1.07 bits per heavy atom. The molecule has 0 aromatic carbocycles. The van der Waals surface area contributed by atoms with E-state index in [1.807, 2.05) is 0 Å². The molecule has 0 fully saturated rings. The van der Waals surface area contributed by atoms with Gasteiger partial charge in [0.05, 0.1) is 0 Å². The van der Waals surface area contributed by atoms with Crippen LogP contribution in [-0.4, -0.2) is 87.6 Å². The molecule has 0 rings (SSSR count). The Morgan fingerprint density at radius 1 is 0.679 bits per heavy atom. The van der Waals surface area contributed by atoms with Crippen molar-refractivity contribution in [3.63, 3.8) is 0 Å². The van der Waals surface area contributed by atoms with Gasteiger partial charge in [0.15, 0.2) is 0 Å². The highest BCUT2D eigenvalue weighted by atomic mass is 16.4. The van der Waals surface area contributed by atoms with E-state index in [4.69, 9.17) is 20.7 Å². The number of carbonyl (C=O) groups is 2. The second-order valence-electron chi connectivity index (χ2n) is 6.66. The van der Waals surface area contributed by atoms with E-state index in [1.165, 1.54) is 76.4 Å². The zero-order chi connectivity index (χ0) is 22.2. The number of unbranched alkanes of at least 4 members (excludes halogenated alkanes) is 7. The zero-order valence-electron chi connectivity index (χ0n) is 17.7. The van der Waals surface area contributed by atoms with Gasteiger partial charge in [-0.2, -0.15) is 0 Å². The van der Waals surface area contributed by atoms with Crippen LogP contribution in [0.1, 0.15) is 51.4 Å². The maximum absolute atomic E-state index is 9.32. The van der Waals surface area contributed by atoms with E-state index < -0.39 is 11.7 Å². The van der Waals surface area contributed by atoms with E-state index in [1.54, 1.807) is 0 Å². The Morgan fingerprint density at radius 2 is 0.929 bits per heavy atom. The fraction of sp³-hybridized carbons (Fsp3) is 0.778. The van der Waals surface area contributed by atoms with Crippen molar-refractivity contribution in [2.45, 2.75) is 51.4 Å². The molecule has 0 aliphatic rings. The maximum atomic E-state index is 9.32. The van der Waals surface area contributed by atoms with Gasteiger partial charge < -0.3 is 20.0 Å². The Balaban J connectivity index is -0.000000426. The molecule has 0 spiro atoms. The average molecular weight is 392 g/mol. The van der Waals surface area contributed by atoms with Crippen molar-refractivity contribution >= 4 is 26.3 Å². The van der Waals surface area contributed by atoms with E-state index in [0.717, 1.165) is 0 Å². The molecule has 0 saturated heterocycles. The first-order valence-electron chi connectivity index (χ1n) is 9.38. The summed E-state index contributed by atoms with van der Waals surface area (Å²) in [5.41, 5.74) is 0. The van der Waals surface area contributed by atoms with Gasteiger partial charge in [0, 0.05) is 11.9 Å². The van der Waals surface area contributed by atoms with Crippen LogP contribution in [0.5, 0.6) is 0 Å². The lowest BCUT2D eigenvalue weighted by Crippen LogP contribution is -2.12. The molecule has 0 aromatic heterocycles. The maximum Gasteiger partial charge on any atom is 0.397 e. The second kappa shape index (κ2) is 25.0. The summed E-state index contributed by atoms with van der Waals surface area (Å²) in [6.07, 6.45) is 11.3. The van der Waals surface area contributed by atoms with Gasteiger partial charge in [-0.3, -0.25) is 9.59 Å². The van der Waals surface area contributed by atoms with Crippen LogP contribution in [0.15, 0.2) is 0 Å². The molecular formula is C18H34B2N4O4. The first kappa shape index (κ1) is 30.7. The van der Waals surface area contributed by atoms with Gasteiger partial charge in [-0.05, 0) is 54.1 Å². The molecule has 0 amide bonds. The van der Waals surface area contributed by atoms with Crippen LogP contribution in [0.2, 0.25) is 0 Å². The number of carboxylic acid groups (broad SMARTS) is 2. The summed E-state index contributed by atoms with van der Waals surface area (Å²) >= 11 is 0. The topological polar surface area (TPSA) is 129 Å². The lowest BCUT2D eigenvalue weighted by molar-refractivity contribution is 0.219. The van der Waals surface area contributed by atoms with Gasteiger partial charge in [0.1, 0.15) is 0 Å². The third-order valence-electron chi connectivity index (χ3n) is 3.34. The van der Waals surface area contributed by atoms with E-state index in [-0.39, 0.29) is 0 Å². The molecule has 0 bridgehead atoms. The van der Waals surface area contributed by atoms with Gasteiger partial charge in [-0.25, -0.2) is 10.5 Å². The van der Waals surface area contributed by atoms with Gasteiger partial charge in [-0.15, -0.1) is 0 Å². The molecule has 0 aliphatic carbocycles. The summed E-state index contributed by atoms with van der Waals surface area (Å²) in [6, 6.07) is 0. The lowest BCUT2D eigenvalue weighted by Gasteiger charge is -2.09. The predicted molar refractivity (Wildman–Crippen MR) is 113 cm³/mol. The molecule has 0 aromatic rings. The first-order chi connectivity index (χ1) is 13.2. The van der Waals surface area contributed by atoms with E-state index in [9.17, 15) is 9.59 Å². The second-order valence-corrected chi connectivity index (χ2v) is 6.66. The Hall–Kier alpha value is -2.03. The van der Waals surface area contributed by atoms with Gasteiger partial charge in [-0.1, -0.05) is 38.5 Å². The Labute approximate surface area is 171 Å².